The largest absolute Gasteiger partial charge is 0.323 e. The van der Waals surface area contributed by atoms with Gasteiger partial charge in [0.05, 0.1) is 22.2 Å². The molecule has 1 aliphatic heterocycles. The molecule has 0 unspecified atom stereocenters. The van der Waals surface area contributed by atoms with Gasteiger partial charge in [0.2, 0.25) is 17.0 Å². The average molecular weight is 397 g/mol. The first-order chi connectivity index (χ1) is 13.5. The third kappa shape index (κ3) is 3.48. The summed E-state index contributed by atoms with van der Waals surface area (Å²) in [6.07, 6.45) is 0. The summed E-state index contributed by atoms with van der Waals surface area (Å²) in [4.78, 5) is 30.6. The first kappa shape index (κ1) is 18.2. The number of carbonyl (C=O) groups excluding carboxylic acids is 2. The Morgan fingerprint density at radius 2 is 1.96 bits per heavy atom. The molecule has 1 aliphatic rings. The molecule has 7 nitrogen and oxygen atoms in total. The molecule has 2 heterocycles. The minimum atomic E-state index is -0.539. The predicted octanol–water partition coefficient (Wildman–Crippen LogP) is 3.08. The van der Waals surface area contributed by atoms with Crippen LogP contribution in [0.3, 0.4) is 0 Å². The van der Waals surface area contributed by atoms with Crippen molar-refractivity contribution in [1.82, 2.24) is 15.2 Å². The summed E-state index contributed by atoms with van der Waals surface area (Å²) in [5.74, 6) is -0.591. The Bertz CT molecular complexity index is 1050. The molecule has 0 bridgehead atoms. The number of halogens is 1. The van der Waals surface area contributed by atoms with E-state index in [-0.39, 0.29) is 18.4 Å². The van der Waals surface area contributed by atoms with E-state index in [0.717, 1.165) is 11.8 Å². The highest BCUT2D eigenvalue weighted by molar-refractivity contribution is 8.00. The van der Waals surface area contributed by atoms with Crippen LogP contribution in [0.4, 0.5) is 15.8 Å². The number of rotatable bonds is 4. The van der Waals surface area contributed by atoms with Crippen LogP contribution in [0, 0.1) is 5.82 Å². The Hall–Kier alpha value is -3.20. The van der Waals surface area contributed by atoms with Gasteiger partial charge in [0.25, 0.3) is 0 Å². The van der Waals surface area contributed by atoms with Crippen LogP contribution in [0.1, 0.15) is 6.92 Å². The molecule has 0 radical (unpaired) electrons. The maximum Gasteiger partial charge on any atom is 0.244 e. The Morgan fingerprint density at radius 1 is 1.21 bits per heavy atom. The minimum Gasteiger partial charge on any atom is -0.323 e. The van der Waals surface area contributed by atoms with Gasteiger partial charge in [0, 0.05) is 0 Å². The number of fused-ring (bicyclic) bond motifs is 1. The summed E-state index contributed by atoms with van der Waals surface area (Å²) < 4.78 is 13.9. The van der Waals surface area contributed by atoms with Gasteiger partial charge in [-0.3, -0.25) is 19.6 Å². The topological polar surface area (TPSA) is 91.0 Å². The quantitative estimate of drug-likeness (QED) is 0.660. The number of nitrogens with zero attached hydrogens (tertiary/aromatic N) is 3. The van der Waals surface area contributed by atoms with Gasteiger partial charge in [-0.25, -0.2) is 9.37 Å². The number of amides is 2. The van der Waals surface area contributed by atoms with Crippen LogP contribution in [-0.4, -0.2) is 38.8 Å². The van der Waals surface area contributed by atoms with Gasteiger partial charge in [-0.2, -0.15) is 0 Å². The summed E-state index contributed by atoms with van der Waals surface area (Å²) in [7, 11) is 0. The lowest BCUT2D eigenvalue weighted by Crippen LogP contribution is -2.45. The summed E-state index contributed by atoms with van der Waals surface area (Å²) in [5, 5.41) is 9.31. The molecule has 142 valence electrons. The third-order valence-corrected chi connectivity index (χ3v) is 5.21. The molecular weight excluding hydrogens is 381 g/mol. The maximum atomic E-state index is 13.9. The lowest BCUT2D eigenvalue weighted by Gasteiger charge is -2.30. The normalized spacial score (nSPS) is 14.4. The number of carbonyl (C=O) groups is 2. The highest BCUT2D eigenvalue weighted by atomic mass is 32.2. The Morgan fingerprint density at radius 3 is 2.79 bits per heavy atom. The van der Waals surface area contributed by atoms with E-state index in [4.69, 9.17) is 0 Å². The first-order valence-electron chi connectivity index (χ1n) is 8.57. The molecule has 9 heteroatoms. The van der Waals surface area contributed by atoms with E-state index >= 15 is 0 Å². The predicted molar refractivity (Wildman–Crippen MR) is 105 cm³/mol. The zero-order valence-electron chi connectivity index (χ0n) is 14.8. The molecule has 0 saturated heterocycles. The number of aromatic nitrogens is 3. The molecule has 1 atom stereocenters. The molecule has 0 fully saturated rings. The molecule has 28 heavy (non-hydrogen) atoms. The molecule has 4 rings (SSSR count). The standard InChI is InChI=1S/C19H16FN5O2S/c1-11(18(27)25-10-16(26)21-14-8-4-5-9-15(14)25)28-19-22-17(23-24-19)12-6-2-3-7-13(12)20/h2-9,11H,10H2,1H3,(H,21,26)(H,22,23,24)/t11-/m0/s1. The van der Waals surface area contributed by atoms with Crippen LogP contribution in [0.2, 0.25) is 0 Å². The van der Waals surface area contributed by atoms with Crippen molar-refractivity contribution in [2.75, 3.05) is 16.8 Å². The molecule has 0 spiro atoms. The van der Waals surface area contributed by atoms with Gasteiger partial charge in [0.1, 0.15) is 12.4 Å². The van der Waals surface area contributed by atoms with E-state index in [9.17, 15) is 14.0 Å². The van der Waals surface area contributed by atoms with Gasteiger partial charge in [-0.15, -0.1) is 5.10 Å². The number of thioether (sulfide) groups is 1. The summed E-state index contributed by atoms with van der Waals surface area (Å²) >= 11 is 1.14. The number of anilines is 2. The van der Waals surface area contributed by atoms with E-state index in [1.807, 2.05) is 6.07 Å². The van der Waals surface area contributed by atoms with Crippen molar-refractivity contribution in [1.29, 1.82) is 0 Å². The fourth-order valence-corrected chi connectivity index (χ4v) is 3.72. The molecule has 2 amide bonds. The van der Waals surface area contributed by atoms with Crippen LogP contribution < -0.4 is 10.2 Å². The van der Waals surface area contributed by atoms with Crippen LogP contribution in [0.25, 0.3) is 11.4 Å². The second-order valence-electron chi connectivity index (χ2n) is 6.20. The van der Waals surface area contributed by atoms with E-state index in [2.05, 4.69) is 20.5 Å². The van der Waals surface area contributed by atoms with Gasteiger partial charge in [-0.05, 0) is 31.2 Å². The highest BCUT2D eigenvalue weighted by Gasteiger charge is 2.30. The Kier molecular flexibility index (Phi) is 4.82. The van der Waals surface area contributed by atoms with Crippen LogP contribution in [-0.2, 0) is 9.59 Å². The van der Waals surface area contributed by atoms with Crippen LogP contribution in [0.15, 0.2) is 53.7 Å². The fourth-order valence-electron chi connectivity index (χ4n) is 2.93. The third-order valence-electron chi connectivity index (χ3n) is 4.26. The lowest BCUT2D eigenvalue weighted by molar-refractivity contribution is -0.121. The molecule has 0 saturated carbocycles. The van der Waals surface area contributed by atoms with Crippen molar-refractivity contribution in [3.05, 3.63) is 54.3 Å². The van der Waals surface area contributed by atoms with Crippen molar-refractivity contribution in [3.63, 3.8) is 0 Å². The van der Waals surface area contributed by atoms with Crippen LogP contribution >= 0.6 is 11.8 Å². The highest BCUT2D eigenvalue weighted by Crippen LogP contribution is 2.32. The lowest BCUT2D eigenvalue weighted by atomic mass is 10.2. The van der Waals surface area contributed by atoms with Crippen LogP contribution in [0.5, 0.6) is 0 Å². The SMILES string of the molecule is C[C@H](Sc1n[nH]c(-c2ccccc2F)n1)C(=O)N1CC(=O)Nc2ccccc21. The summed E-state index contributed by atoms with van der Waals surface area (Å²) in [5.41, 5.74) is 1.56. The summed E-state index contributed by atoms with van der Waals surface area (Å²) in [6.45, 7) is 1.68. The second-order valence-corrected chi connectivity index (χ2v) is 7.50. The maximum absolute atomic E-state index is 13.9. The van der Waals surface area contributed by atoms with Crippen molar-refractivity contribution >= 4 is 35.0 Å². The first-order valence-corrected chi connectivity index (χ1v) is 9.45. The zero-order valence-corrected chi connectivity index (χ0v) is 15.7. The number of aromatic amines is 1. The van der Waals surface area contributed by atoms with E-state index < -0.39 is 11.1 Å². The number of benzene rings is 2. The minimum absolute atomic E-state index is 0.0464. The van der Waals surface area contributed by atoms with Gasteiger partial charge in [0.15, 0.2) is 5.82 Å². The van der Waals surface area contributed by atoms with E-state index in [1.54, 1.807) is 43.3 Å². The molecular formula is C19H16FN5O2S. The molecule has 1 aromatic heterocycles. The number of hydrogen-bond acceptors (Lipinski definition) is 5. The van der Waals surface area contributed by atoms with E-state index in [0.29, 0.717) is 27.9 Å². The smallest absolute Gasteiger partial charge is 0.244 e. The fraction of sp³-hybridized carbons (Fsp3) is 0.158. The Balaban J connectivity index is 1.52. The number of para-hydroxylation sites is 2. The van der Waals surface area contributed by atoms with Gasteiger partial charge < -0.3 is 5.32 Å². The zero-order chi connectivity index (χ0) is 19.7. The van der Waals surface area contributed by atoms with Crippen molar-refractivity contribution in [3.8, 4) is 11.4 Å². The van der Waals surface area contributed by atoms with Crippen molar-refractivity contribution in [2.24, 2.45) is 0 Å². The molecule has 2 aromatic carbocycles. The van der Waals surface area contributed by atoms with Gasteiger partial charge >= 0.3 is 0 Å². The number of hydrogen-bond donors (Lipinski definition) is 2. The Labute approximate surface area is 164 Å². The van der Waals surface area contributed by atoms with Gasteiger partial charge in [-0.1, -0.05) is 36.0 Å². The second kappa shape index (κ2) is 7.43. The number of nitrogens with one attached hydrogen (secondary N) is 2. The van der Waals surface area contributed by atoms with Crippen molar-refractivity contribution < 1.29 is 14.0 Å². The molecule has 2 N–H and O–H groups in total. The van der Waals surface area contributed by atoms with E-state index in [1.165, 1.54) is 11.0 Å². The molecule has 0 aliphatic carbocycles. The summed E-state index contributed by atoms with van der Waals surface area (Å²) in [6, 6.07) is 13.4. The molecule has 3 aromatic rings. The number of H-pyrrole nitrogens is 1. The average Bonchev–Trinajstić information content (AvgIpc) is 3.15. The monoisotopic (exact) mass is 397 g/mol. The van der Waals surface area contributed by atoms with Crippen molar-refractivity contribution in [2.45, 2.75) is 17.3 Å².